The number of hydrogen-bond acceptors (Lipinski definition) is 7. The molecule has 6 nitrogen and oxygen atoms in total. The maximum Gasteiger partial charge on any atom is 0.225 e. The summed E-state index contributed by atoms with van der Waals surface area (Å²) in [4.78, 5) is 21.7. The highest BCUT2D eigenvalue weighted by molar-refractivity contribution is 9.10. The van der Waals surface area contributed by atoms with Crippen LogP contribution in [-0.4, -0.2) is 32.1 Å². The quantitative estimate of drug-likeness (QED) is 0.607. The predicted molar refractivity (Wildman–Crippen MR) is 79.9 cm³/mol. The van der Waals surface area contributed by atoms with Crippen LogP contribution in [0.4, 0.5) is 5.13 Å². The smallest absolute Gasteiger partial charge is 0.225 e. The number of rotatable bonds is 4. The van der Waals surface area contributed by atoms with Crippen LogP contribution in [-0.2, 0) is 4.79 Å². The van der Waals surface area contributed by atoms with Gasteiger partial charge in [0.25, 0.3) is 0 Å². The van der Waals surface area contributed by atoms with Gasteiger partial charge in [0.05, 0.1) is 4.47 Å². The number of hydrogen-bond donors (Lipinski definition) is 0. The van der Waals surface area contributed by atoms with Crippen LogP contribution in [0.1, 0.15) is 19.8 Å². The molecule has 1 aliphatic carbocycles. The molecule has 1 saturated carbocycles. The Kier molecular flexibility index (Phi) is 3.99. The molecule has 0 bridgehead atoms. The van der Waals surface area contributed by atoms with Gasteiger partial charge in [-0.2, -0.15) is 0 Å². The Morgan fingerprint density at radius 2 is 2.10 bits per heavy atom. The van der Waals surface area contributed by atoms with Crippen LogP contribution in [0.3, 0.4) is 0 Å². The summed E-state index contributed by atoms with van der Waals surface area (Å²) < 4.78 is 1.56. The summed E-state index contributed by atoms with van der Waals surface area (Å²) in [6.45, 7) is 1.56. The van der Waals surface area contributed by atoms with Crippen LogP contribution >= 0.6 is 39.0 Å². The van der Waals surface area contributed by atoms with E-state index in [2.05, 4.69) is 36.1 Å². The van der Waals surface area contributed by atoms with Crippen molar-refractivity contribution in [1.29, 1.82) is 0 Å². The Bertz CT molecular complexity index is 628. The number of aromatic nitrogens is 4. The van der Waals surface area contributed by atoms with Gasteiger partial charge in [0, 0.05) is 25.4 Å². The van der Waals surface area contributed by atoms with E-state index in [4.69, 9.17) is 0 Å². The SMILES string of the molecule is CC(=O)N(c1nnc(Sc2ncc(Br)cn2)s1)C1CC1. The van der Waals surface area contributed by atoms with E-state index < -0.39 is 0 Å². The summed E-state index contributed by atoms with van der Waals surface area (Å²) in [5, 5.41) is 9.45. The van der Waals surface area contributed by atoms with E-state index in [0.717, 1.165) is 21.7 Å². The molecule has 1 amide bonds. The van der Waals surface area contributed by atoms with Crippen molar-refractivity contribution in [1.82, 2.24) is 20.2 Å². The Balaban J connectivity index is 1.76. The van der Waals surface area contributed by atoms with E-state index in [1.54, 1.807) is 24.2 Å². The molecule has 0 aromatic carbocycles. The number of halogens is 1. The van der Waals surface area contributed by atoms with Crippen LogP contribution in [0.2, 0.25) is 0 Å². The molecule has 9 heteroatoms. The molecule has 0 atom stereocenters. The molecular weight excluding hydrogens is 362 g/mol. The summed E-state index contributed by atoms with van der Waals surface area (Å²) in [5.74, 6) is 0.0140. The summed E-state index contributed by atoms with van der Waals surface area (Å²) in [5.41, 5.74) is 0. The first-order valence-electron chi connectivity index (χ1n) is 5.92. The van der Waals surface area contributed by atoms with Crippen molar-refractivity contribution in [2.24, 2.45) is 0 Å². The van der Waals surface area contributed by atoms with Gasteiger partial charge < -0.3 is 0 Å². The zero-order valence-corrected chi connectivity index (χ0v) is 13.7. The Morgan fingerprint density at radius 3 is 2.70 bits per heavy atom. The van der Waals surface area contributed by atoms with E-state index >= 15 is 0 Å². The molecule has 20 heavy (non-hydrogen) atoms. The zero-order valence-electron chi connectivity index (χ0n) is 10.5. The first-order chi connectivity index (χ1) is 9.63. The van der Waals surface area contributed by atoms with Gasteiger partial charge in [0.1, 0.15) is 0 Å². The third-order valence-corrected chi connectivity index (χ3v) is 4.90. The van der Waals surface area contributed by atoms with Crippen LogP contribution in [0, 0.1) is 0 Å². The first kappa shape index (κ1) is 13.9. The van der Waals surface area contributed by atoms with E-state index in [0.29, 0.717) is 16.3 Å². The monoisotopic (exact) mass is 371 g/mol. The normalized spacial score (nSPS) is 14.3. The van der Waals surface area contributed by atoms with Gasteiger partial charge >= 0.3 is 0 Å². The molecule has 2 aromatic heterocycles. The molecule has 1 aliphatic rings. The average Bonchev–Trinajstić information content (AvgIpc) is 3.12. The van der Waals surface area contributed by atoms with E-state index in [1.807, 2.05) is 0 Å². The van der Waals surface area contributed by atoms with Gasteiger partial charge in [0.2, 0.25) is 11.0 Å². The molecule has 0 N–H and O–H groups in total. The van der Waals surface area contributed by atoms with E-state index in [-0.39, 0.29) is 5.91 Å². The fourth-order valence-electron chi connectivity index (χ4n) is 1.65. The fraction of sp³-hybridized carbons (Fsp3) is 0.364. The van der Waals surface area contributed by atoms with Crippen LogP contribution in [0.25, 0.3) is 0 Å². The molecule has 3 rings (SSSR count). The molecule has 0 saturated heterocycles. The van der Waals surface area contributed by atoms with Crippen LogP contribution in [0.15, 0.2) is 26.4 Å². The lowest BCUT2D eigenvalue weighted by Crippen LogP contribution is -2.30. The molecular formula is C11H10BrN5OS2. The number of carbonyl (C=O) groups is 1. The standard InChI is InChI=1S/C11H10BrN5OS2/c1-6(18)17(8-2-3-8)10-15-16-11(20-10)19-9-13-4-7(12)5-14-9/h4-5,8H,2-3H2,1H3. The van der Waals surface area contributed by atoms with Crippen LogP contribution < -0.4 is 4.90 Å². The lowest BCUT2D eigenvalue weighted by Gasteiger charge is -2.15. The average molecular weight is 372 g/mol. The van der Waals surface area contributed by atoms with Gasteiger partial charge in [-0.1, -0.05) is 11.3 Å². The van der Waals surface area contributed by atoms with Crippen molar-refractivity contribution in [3.8, 4) is 0 Å². The third kappa shape index (κ3) is 3.15. The second-order valence-corrected chi connectivity index (χ2v) is 7.34. The Labute approximate surface area is 132 Å². The maximum absolute atomic E-state index is 11.7. The van der Waals surface area contributed by atoms with Crippen molar-refractivity contribution in [3.05, 3.63) is 16.9 Å². The van der Waals surface area contributed by atoms with E-state index in [9.17, 15) is 4.79 Å². The number of carbonyl (C=O) groups excluding carboxylic acids is 1. The number of nitrogens with zero attached hydrogens (tertiary/aromatic N) is 5. The highest BCUT2D eigenvalue weighted by atomic mass is 79.9. The Morgan fingerprint density at radius 1 is 1.40 bits per heavy atom. The summed E-state index contributed by atoms with van der Waals surface area (Å²) >= 11 is 6.02. The highest BCUT2D eigenvalue weighted by Gasteiger charge is 2.34. The molecule has 0 radical (unpaired) electrons. The second-order valence-electron chi connectivity index (χ2n) is 4.26. The van der Waals surface area contributed by atoms with Gasteiger partial charge in [0.15, 0.2) is 9.50 Å². The van der Waals surface area contributed by atoms with Crippen molar-refractivity contribution in [2.75, 3.05) is 4.90 Å². The number of anilines is 1. The molecule has 0 unspecified atom stereocenters. The molecule has 2 heterocycles. The Hall–Kier alpha value is -1.06. The van der Waals surface area contributed by atoms with E-state index in [1.165, 1.54) is 23.1 Å². The minimum absolute atomic E-state index is 0.0140. The van der Waals surface area contributed by atoms with Crippen molar-refractivity contribution in [3.63, 3.8) is 0 Å². The zero-order chi connectivity index (χ0) is 14.1. The fourth-order valence-corrected chi connectivity index (χ4v) is 3.62. The van der Waals surface area contributed by atoms with Crippen molar-refractivity contribution < 1.29 is 4.79 Å². The predicted octanol–water partition coefficient (Wildman–Crippen LogP) is 2.76. The minimum Gasteiger partial charge on any atom is -0.284 e. The molecule has 0 spiro atoms. The van der Waals surface area contributed by atoms with Crippen molar-refractivity contribution >= 4 is 50.1 Å². The molecule has 0 aliphatic heterocycles. The summed E-state index contributed by atoms with van der Waals surface area (Å²) in [6, 6.07) is 0.294. The lowest BCUT2D eigenvalue weighted by molar-refractivity contribution is -0.116. The topological polar surface area (TPSA) is 71.9 Å². The second kappa shape index (κ2) is 5.74. The van der Waals surface area contributed by atoms with Gasteiger partial charge in [-0.05, 0) is 40.5 Å². The van der Waals surface area contributed by atoms with Gasteiger partial charge in [-0.3, -0.25) is 9.69 Å². The largest absolute Gasteiger partial charge is 0.284 e. The maximum atomic E-state index is 11.7. The molecule has 2 aromatic rings. The van der Waals surface area contributed by atoms with Gasteiger partial charge in [-0.15, -0.1) is 10.2 Å². The summed E-state index contributed by atoms with van der Waals surface area (Å²) in [6.07, 6.45) is 5.45. The highest BCUT2D eigenvalue weighted by Crippen LogP contribution is 2.36. The van der Waals surface area contributed by atoms with Crippen molar-refractivity contribution in [2.45, 2.75) is 35.3 Å². The van der Waals surface area contributed by atoms with Crippen LogP contribution in [0.5, 0.6) is 0 Å². The molecule has 1 fully saturated rings. The third-order valence-electron chi connectivity index (χ3n) is 2.63. The minimum atomic E-state index is 0.0140. The van der Waals surface area contributed by atoms with Gasteiger partial charge in [-0.25, -0.2) is 9.97 Å². The number of amides is 1. The molecule has 104 valence electrons. The first-order valence-corrected chi connectivity index (χ1v) is 8.35. The lowest BCUT2D eigenvalue weighted by atomic mass is 10.5. The summed E-state index contributed by atoms with van der Waals surface area (Å²) in [7, 11) is 0.